The van der Waals surface area contributed by atoms with Crippen LogP contribution in [-0.4, -0.2) is 37.2 Å². The van der Waals surface area contributed by atoms with E-state index in [0.717, 1.165) is 69.6 Å². The number of carbonyl (C=O) groups excluding carboxylic acids is 3. The van der Waals surface area contributed by atoms with Crippen molar-refractivity contribution in [1.82, 2.24) is 0 Å². The minimum atomic E-state index is -0.762. The zero-order valence-electron chi connectivity index (χ0n) is 41.8. The highest BCUT2D eigenvalue weighted by atomic mass is 16.6. The molecule has 6 nitrogen and oxygen atoms in total. The van der Waals surface area contributed by atoms with Gasteiger partial charge in [0.25, 0.3) is 0 Å². The summed E-state index contributed by atoms with van der Waals surface area (Å²) in [6.07, 6.45) is 49.5. The van der Waals surface area contributed by atoms with Gasteiger partial charge in [0.2, 0.25) is 0 Å². The van der Waals surface area contributed by atoms with Crippen LogP contribution in [0, 0.1) is 11.8 Å². The van der Waals surface area contributed by atoms with E-state index >= 15 is 0 Å². The van der Waals surface area contributed by atoms with E-state index in [0.29, 0.717) is 19.3 Å². The topological polar surface area (TPSA) is 78.9 Å². The lowest BCUT2D eigenvalue weighted by Gasteiger charge is -2.18. The van der Waals surface area contributed by atoms with E-state index in [1.54, 1.807) is 0 Å². The number of ether oxygens (including phenoxy) is 3. The molecule has 0 aromatic carbocycles. The van der Waals surface area contributed by atoms with Gasteiger partial charge in [-0.05, 0) is 31.1 Å². The summed E-state index contributed by atoms with van der Waals surface area (Å²) in [4.78, 5) is 38.0. The van der Waals surface area contributed by atoms with Crippen LogP contribution in [0.25, 0.3) is 0 Å². The SMILES string of the molecule is CCCCCCCCCCCCCCCC(=O)OC[C@H](COC(=O)CCCCCCCCCCC(C)C)OC(=O)CCCCCCCCCCCCCCCCCCC(C)C. The number of carbonyl (C=O) groups is 3. The maximum Gasteiger partial charge on any atom is 0.306 e. The largest absolute Gasteiger partial charge is 0.462 e. The second-order valence-electron chi connectivity index (χ2n) is 19.8. The van der Waals surface area contributed by atoms with Crippen LogP contribution in [0.3, 0.4) is 0 Å². The van der Waals surface area contributed by atoms with Crippen molar-refractivity contribution < 1.29 is 28.6 Å². The van der Waals surface area contributed by atoms with Gasteiger partial charge >= 0.3 is 17.9 Å². The fourth-order valence-electron chi connectivity index (χ4n) is 8.34. The summed E-state index contributed by atoms with van der Waals surface area (Å²) >= 11 is 0. The molecule has 0 bridgehead atoms. The number of esters is 3. The van der Waals surface area contributed by atoms with Crippen molar-refractivity contribution in [2.24, 2.45) is 11.8 Å². The average Bonchev–Trinajstić information content (AvgIpc) is 3.23. The second kappa shape index (κ2) is 47.9. The van der Waals surface area contributed by atoms with Crippen LogP contribution in [0.4, 0.5) is 0 Å². The fourth-order valence-corrected chi connectivity index (χ4v) is 8.34. The van der Waals surface area contributed by atoms with E-state index in [2.05, 4.69) is 34.6 Å². The normalized spacial score (nSPS) is 12.0. The predicted molar refractivity (Wildman–Crippen MR) is 261 cm³/mol. The standard InChI is InChI=1S/C55H106O6/c1-6-7-8-9-10-11-12-17-21-24-30-35-40-45-53(56)59-48-52(49-60-54(57)46-41-36-31-27-26-29-34-39-44-51(4)5)61-55(58)47-42-37-32-25-22-19-16-14-13-15-18-20-23-28-33-38-43-50(2)3/h50-52H,6-49H2,1-5H3/t52-/m1/s1. The maximum absolute atomic E-state index is 12.8. The smallest absolute Gasteiger partial charge is 0.306 e. The summed E-state index contributed by atoms with van der Waals surface area (Å²) in [7, 11) is 0. The molecular formula is C55H106O6. The molecule has 0 N–H and O–H groups in total. The number of rotatable bonds is 49. The summed E-state index contributed by atoms with van der Waals surface area (Å²) in [5.41, 5.74) is 0. The lowest BCUT2D eigenvalue weighted by atomic mass is 10.0. The first-order valence-electron chi connectivity index (χ1n) is 27.2. The minimum Gasteiger partial charge on any atom is -0.462 e. The molecule has 0 saturated heterocycles. The van der Waals surface area contributed by atoms with E-state index in [1.165, 1.54) is 193 Å². The third kappa shape index (κ3) is 49.3. The van der Waals surface area contributed by atoms with Crippen LogP contribution < -0.4 is 0 Å². The molecule has 0 saturated carbocycles. The summed E-state index contributed by atoms with van der Waals surface area (Å²) in [5.74, 6) is 0.802. The Labute approximate surface area is 380 Å². The molecule has 0 fully saturated rings. The van der Waals surface area contributed by atoms with E-state index in [1.807, 2.05) is 0 Å². The molecule has 6 heteroatoms. The molecule has 362 valence electrons. The van der Waals surface area contributed by atoms with Gasteiger partial charge in [-0.15, -0.1) is 0 Å². The van der Waals surface area contributed by atoms with Crippen molar-refractivity contribution in [2.45, 2.75) is 310 Å². The van der Waals surface area contributed by atoms with E-state index < -0.39 is 6.10 Å². The molecule has 0 amide bonds. The average molecular weight is 863 g/mol. The molecule has 0 aliphatic rings. The number of hydrogen-bond donors (Lipinski definition) is 0. The van der Waals surface area contributed by atoms with Crippen LogP contribution in [0.15, 0.2) is 0 Å². The van der Waals surface area contributed by atoms with Gasteiger partial charge in [0, 0.05) is 19.3 Å². The first-order valence-corrected chi connectivity index (χ1v) is 27.2. The Bertz CT molecular complexity index is 931. The third-order valence-corrected chi connectivity index (χ3v) is 12.5. The Morgan fingerprint density at radius 3 is 0.803 bits per heavy atom. The molecule has 0 aromatic heterocycles. The Morgan fingerprint density at radius 1 is 0.311 bits per heavy atom. The summed E-state index contributed by atoms with van der Waals surface area (Å²) in [5, 5.41) is 0. The Hall–Kier alpha value is -1.59. The van der Waals surface area contributed by atoms with Crippen molar-refractivity contribution in [3.05, 3.63) is 0 Å². The van der Waals surface area contributed by atoms with Crippen LogP contribution >= 0.6 is 0 Å². The Morgan fingerprint density at radius 2 is 0.541 bits per heavy atom. The Balaban J connectivity index is 4.27. The Kier molecular flexibility index (Phi) is 46.6. The van der Waals surface area contributed by atoms with Gasteiger partial charge in [0.15, 0.2) is 6.10 Å². The van der Waals surface area contributed by atoms with Gasteiger partial charge in [-0.1, -0.05) is 266 Å². The summed E-state index contributed by atoms with van der Waals surface area (Å²) < 4.78 is 16.8. The quantitative estimate of drug-likeness (QED) is 0.0344. The van der Waals surface area contributed by atoms with Crippen LogP contribution in [-0.2, 0) is 28.6 Å². The van der Waals surface area contributed by atoms with Gasteiger partial charge in [0.1, 0.15) is 13.2 Å². The zero-order chi connectivity index (χ0) is 44.7. The zero-order valence-corrected chi connectivity index (χ0v) is 41.8. The highest BCUT2D eigenvalue weighted by Gasteiger charge is 2.19. The molecule has 0 spiro atoms. The van der Waals surface area contributed by atoms with Crippen molar-refractivity contribution in [1.29, 1.82) is 0 Å². The van der Waals surface area contributed by atoms with Gasteiger partial charge in [0.05, 0.1) is 0 Å². The third-order valence-electron chi connectivity index (χ3n) is 12.5. The molecule has 1 atom stereocenters. The van der Waals surface area contributed by atoms with Crippen molar-refractivity contribution in [3.63, 3.8) is 0 Å². The predicted octanol–water partition coefficient (Wildman–Crippen LogP) is 17.7. The van der Waals surface area contributed by atoms with Crippen LogP contribution in [0.2, 0.25) is 0 Å². The number of unbranched alkanes of at least 4 members (excludes halogenated alkanes) is 34. The minimum absolute atomic E-state index is 0.0635. The molecular weight excluding hydrogens is 757 g/mol. The van der Waals surface area contributed by atoms with E-state index in [9.17, 15) is 14.4 Å². The highest BCUT2D eigenvalue weighted by molar-refractivity contribution is 5.71. The van der Waals surface area contributed by atoms with Gasteiger partial charge in [-0.2, -0.15) is 0 Å². The van der Waals surface area contributed by atoms with E-state index in [4.69, 9.17) is 14.2 Å². The summed E-state index contributed by atoms with van der Waals surface area (Å²) in [6.45, 7) is 11.4. The van der Waals surface area contributed by atoms with Crippen LogP contribution in [0.5, 0.6) is 0 Å². The molecule has 0 aliphatic carbocycles. The highest BCUT2D eigenvalue weighted by Crippen LogP contribution is 2.18. The van der Waals surface area contributed by atoms with Crippen molar-refractivity contribution >= 4 is 17.9 Å². The number of hydrogen-bond acceptors (Lipinski definition) is 6. The first-order chi connectivity index (χ1) is 29.7. The summed E-state index contributed by atoms with van der Waals surface area (Å²) in [6, 6.07) is 0. The molecule has 0 unspecified atom stereocenters. The van der Waals surface area contributed by atoms with Gasteiger partial charge in [-0.3, -0.25) is 14.4 Å². The maximum atomic E-state index is 12.8. The van der Waals surface area contributed by atoms with Crippen LogP contribution in [0.1, 0.15) is 304 Å². The molecule has 0 radical (unpaired) electrons. The lowest BCUT2D eigenvalue weighted by Crippen LogP contribution is -2.30. The molecule has 0 rings (SSSR count). The van der Waals surface area contributed by atoms with Crippen molar-refractivity contribution in [2.75, 3.05) is 13.2 Å². The lowest BCUT2D eigenvalue weighted by molar-refractivity contribution is -0.167. The monoisotopic (exact) mass is 863 g/mol. The van der Waals surface area contributed by atoms with Crippen molar-refractivity contribution in [3.8, 4) is 0 Å². The van der Waals surface area contributed by atoms with Gasteiger partial charge in [-0.25, -0.2) is 0 Å². The molecule has 0 heterocycles. The fraction of sp³-hybridized carbons (Fsp3) is 0.945. The molecule has 0 aromatic rings. The second-order valence-corrected chi connectivity index (χ2v) is 19.8. The van der Waals surface area contributed by atoms with Gasteiger partial charge < -0.3 is 14.2 Å². The molecule has 61 heavy (non-hydrogen) atoms. The van der Waals surface area contributed by atoms with E-state index in [-0.39, 0.29) is 31.1 Å². The first kappa shape index (κ1) is 59.4. The molecule has 0 aliphatic heterocycles.